The summed E-state index contributed by atoms with van der Waals surface area (Å²) in [5.74, 6) is -0.204. The molecule has 0 unspecified atom stereocenters. The van der Waals surface area contributed by atoms with Crippen molar-refractivity contribution in [1.29, 1.82) is 0 Å². The third-order valence-electron chi connectivity index (χ3n) is 3.03. The van der Waals surface area contributed by atoms with Gasteiger partial charge in [0.05, 0.1) is 10.7 Å². The smallest absolute Gasteiger partial charge is 0.255 e. The van der Waals surface area contributed by atoms with E-state index in [9.17, 15) is 4.79 Å². The van der Waals surface area contributed by atoms with Gasteiger partial charge in [-0.3, -0.25) is 4.79 Å². The fourth-order valence-electron chi connectivity index (χ4n) is 1.69. The van der Waals surface area contributed by atoms with E-state index in [1.54, 1.807) is 18.2 Å². The van der Waals surface area contributed by atoms with Crippen molar-refractivity contribution in [2.75, 3.05) is 11.1 Å². The molecule has 0 spiro atoms. The summed E-state index contributed by atoms with van der Waals surface area (Å²) < 4.78 is 0. The Morgan fingerprint density at radius 2 is 1.84 bits per heavy atom. The van der Waals surface area contributed by atoms with Crippen LogP contribution < -0.4 is 11.1 Å². The third-order valence-corrected chi connectivity index (χ3v) is 3.35. The van der Waals surface area contributed by atoms with Crippen LogP contribution in [-0.4, -0.2) is 5.91 Å². The Bertz CT molecular complexity index is 638. The van der Waals surface area contributed by atoms with E-state index in [2.05, 4.69) is 5.32 Å². The SMILES string of the molecule is Cc1ccc(NC(=O)c2ccc(N)c(Cl)c2)cc1C. The minimum atomic E-state index is -0.204. The lowest BCUT2D eigenvalue weighted by molar-refractivity contribution is 0.102. The van der Waals surface area contributed by atoms with Gasteiger partial charge in [0, 0.05) is 11.3 Å². The number of nitrogen functional groups attached to an aromatic ring is 1. The second-order valence-electron chi connectivity index (χ2n) is 4.49. The first-order chi connectivity index (χ1) is 8.97. The van der Waals surface area contributed by atoms with Crippen molar-refractivity contribution in [3.63, 3.8) is 0 Å². The van der Waals surface area contributed by atoms with Crippen LogP contribution in [0, 0.1) is 13.8 Å². The molecule has 3 N–H and O–H groups in total. The molecule has 0 aliphatic rings. The van der Waals surface area contributed by atoms with Gasteiger partial charge in [-0.1, -0.05) is 17.7 Å². The Morgan fingerprint density at radius 1 is 1.11 bits per heavy atom. The van der Waals surface area contributed by atoms with Gasteiger partial charge in [-0.25, -0.2) is 0 Å². The quantitative estimate of drug-likeness (QED) is 0.819. The van der Waals surface area contributed by atoms with Crippen LogP contribution >= 0.6 is 11.6 Å². The molecule has 2 rings (SSSR count). The first-order valence-corrected chi connectivity index (χ1v) is 6.29. The van der Waals surface area contributed by atoms with E-state index in [4.69, 9.17) is 17.3 Å². The molecule has 2 aromatic rings. The molecular formula is C15H15ClN2O. The first kappa shape index (κ1) is 13.4. The lowest BCUT2D eigenvalue weighted by atomic mass is 10.1. The van der Waals surface area contributed by atoms with E-state index in [0.717, 1.165) is 11.3 Å². The number of amides is 1. The second kappa shape index (κ2) is 5.33. The van der Waals surface area contributed by atoms with Crippen molar-refractivity contribution in [2.24, 2.45) is 0 Å². The topological polar surface area (TPSA) is 55.1 Å². The molecule has 0 atom stereocenters. The molecule has 0 aromatic heterocycles. The van der Waals surface area contributed by atoms with Crippen LogP contribution in [0.4, 0.5) is 11.4 Å². The average Bonchev–Trinajstić information content (AvgIpc) is 2.37. The number of nitrogens with two attached hydrogens (primary N) is 1. The highest BCUT2D eigenvalue weighted by atomic mass is 35.5. The van der Waals surface area contributed by atoms with Gasteiger partial charge in [-0.15, -0.1) is 0 Å². The van der Waals surface area contributed by atoms with Crippen LogP contribution in [0.5, 0.6) is 0 Å². The summed E-state index contributed by atoms with van der Waals surface area (Å²) in [6.45, 7) is 4.03. The monoisotopic (exact) mass is 274 g/mol. The van der Waals surface area contributed by atoms with Crippen LogP contribution in [-0.2, 0) is 0 Å². The van der Waals surface area contributed by atoms with Crippen LogP contribution in [0.3, 0.4) is 0 Å². The first-order valence-electron chi connectivity index (χ1n) is 5.91. The van der Waals surface area contributed by atoms with E-state index in [1.165, 1.54) is 5.56 Å². The van der Waals surface area contributed by atoms with Gasteiger partial charge in [0.15, 0.2) is 0 Å². The Kier molecular flexibility index (Phi) is 3.76. The predicted molar refractivity (Wildman–Crippen MR) is 79.7 cm³/mol. The zero-order valence-electron chi connectivity index (χ0n) is 10.8. The lowest BCUT2D eigenvalue weighted by Crippen LogP contribution is -2.12. The predicted octanol–water partition coefficient (Wildman–Crippen LogP) is 3.79. The van der Waals surface area contributed by atoms with Crippen LogP contribution in [0.2, 0.25) is 5.02 Å². The van der Waals surface area contributed by atoms with E-state index in [-0.39, 0.29) is 5.91 Å². The molecule has 0 saturated carbocycles. The Morgan fingerprint density at radius 3 is 2.47 bits per heavy atom. The van der Waals surface area contributed by atoms with Gasteiger partial charge in [0.2, 0.25) is 0 Å². The van der Waals surface area contributed by atoms with Gasteiger partial charge in [0.25, 0.3) is 5.91 Å². The zero-order chi connectivity index (χ0) is 14.0. The Balaban J connectivity index is 2.20. The third kappa shape index (κ3) is 3.06. The van der Waals surface area contributed by atoms with Gasteiger partial charge < -0.3 is 11.1 Å². The van der Waals surface area contributed by atoms with E-state index in [0.29, 0.717) is 16.3 Å². The molecule has 19 heavy (non-hydrogen) atoms. The molecule has 98 valence electrons. The van der Waals surface area contributed by atoms with Gasteiger partial charge >= 0.3 is 0 Å². The van der Waals surface area contributed by atoms with E-state index >= 15 is 0 Å². The number of benzene rings is 2. The van der Waals surface area contributed by atoms with Crippen molar-refractivity contribution in [3.8, 4) is 0 Å². The van der Waals surface area contributed by atoms with Crippen molar-refractivity contribution in [3.05, 3.63) is 58.1 Å². The van der Waals surface area contributed by atoms with Crippen molar-refractivity contribution < 1.29 is 4.79 Å². The highest BCUT2D eigenvalue weighted by molar-refractivity contribution is 6.33. The van der Waals surface area contributed by atoms with Crippen LogP contribution in [0.1, 0.15) is 21.5 Å². The summed E-state index contributed by atoms with van der Waals surface area (Å²) in [7, 11) is 0. The number of halogens is 1. The van der Waals surface area contributed by atoms with Crippen molar-refractivity contribution >= 4 is 28.9 Å². The summed E-state index contributed by atoms with van der Waals surface area (Å²) in [5.41, 5.74) is 9.65. The largest absolute Gasteiger partial charge is 0.398 e. The number of rotatable bonds is 2. The number of carbonyl (C=O) groups is 1. The molecule has 4 heteroatoms. The van der Waals surface area contributed by atoms with Gasteiger partial charge in [-0.2, -0.15) is 0 Å². The average molecular weight is 275 g/mol. The Hall–Kier alpha value is -2.00. The van der Waals surface area contributed by atoms with Crippen molar-refractivity contribution in [2.45, 2.75) is 13.8 Å². The highest BCUT2D eigenvalue weighted by Crippen LogP contribution is 2.21. The molecule has 0 bridgehead atoms. The number of nitrogens with one attached hydrogen (secondary N) is 1. The van der Waals surface area contributed by atoms with Crippen LogP contribution in [0.25, 0.3) is 0 Å². The van der Waals surface area contributed by atoms with E-state index in [1.807, 2.05) is 32.0 Å². The van der Waals surface area contributed by atoms with Gasteiger partial charge in [-0.05, 0) is 55.3 Å². The molecular weight excluding hydrogens is 260 g/mol. The standard InChI is InChI=1S/C15H15ClN2O/c1-9-3-5-12(7-10(9)2)18-15(19)11-4-6-14(17)13(16)8-11/h3-8H,17H2,1-2H3,(H,18,19). The molecule has 0 aliphatic heterocycles. The fraction of sp³-hybridized carbons (Fsp3) is 0.133. The molecule has 0 heterocycles. The maximum atomic E-state index is 12.1. The lowest BCUT2D eigenvalue weighted by Gasteiger charge is -2.08. The molecule has 0 fully saturated rings. The molecule has 0 radical (unpaired) electrons. The minimum absolute atomic E-state index is 0.204. The van der Waals surface area contributed by atoms with Crippen LogP contribution in [0.15, 0.2) is 36.4 Å². The minimum Gasteiger partial charge on any atom is -0.398 e. The zero-order valence-corrected chi connectivity index (χ0v) is 11.6. The van der Waals surface area contributed by atoms with Gasteiger partial charge in [0.1, 0.15) is 0 Å². The number of hydrogen-bond acceptors (Lipinski definition) is 2. The fourth-order valence-corrected chi connectivity index (χ4v) is 1.87. The summed E-state index contributed by atoms with van der Waals surface area (Å²) in [6.07, 6.45) is 0. The molecule has 3 nitrogen and oxygen atoms in total. The molecule has 2 aromatic carbocycles. The molecule has 1 amide bonds. The summed E-state index contributed by atoms with van der Waals surface area (Å²) in [6, 6.07) is 10.6. The van der Waals surface area contributed by atoms with Crippen molar-refractivity contribution in [1.82, 2.24) is 0 Å². The number of carbonyl (C=O) groups excluding carboxylic acids is 1. The highest BCUT2D eigenvalue weighted by Gasteiger charge is 2.08. The molecule has 0 saturated heterocycles. The maximum Gasteiger partial charge on any atom is 0.255 e. The number of hydrogen-bond donors (Lipinski definition) is 2. The number of anilines is 2. The van der Waals surface area contributed by atoms with E-state index < -0.39 is 0 Å². The normalized spacial score (nSPS) is 10.3. The maximum absolute atomic E-state index is 12.1. The Labute approximate surface area is 117 Å². The summed E-state index contributed by atoms with van der Waals surface area (Å²) in [5, 5.41) is 3.22. The second-order valence-corrected chi connectivity index (χ2v) is 4.90. The number of aryl methyl sites for hydroxylation is 2. The summed E-state index contributed by atoms with van der Waals surface area (Å²) in [4.78, 5) is 12.1. The molecule has 0 aliphatic carbocycles. The summed E-state index contributed by atoms with van der Waals surface area (Å²) >= 11 is 5.90.